The SMILES string of the molecule is Cc1cc2cc([C@@H](c3nnnn3C3CCCC3)N3CCN(c4ccc(F)cc4)CC3)c(=O)[nH]c2cc1C. The van der Waals surface area contributed by atoms with E-state index in [1.54, 1.807) is 0 Å². The van der Waals surface area contributed by atoms with Gasteiger partial charge in [0, 0.05) is 42.9 Å². The Morgan fingerprint density at radius 2 is 1.68 bits per heavy atom. The van der Waals surface area contributed by atoms with Crippen molar-refractivity contribution < 1.29 is 4.39 Å². The van der Waals surface area contributed by atoms with Gasteiger partial charge < -0.3 is 9.88 Å². The molecule has 4 aromatic rings. The summed E-state index contributed by atoms with van der Waals surface area (Å²) in [4.78, 5) is 21.3. The number of aromatic amines is 1. The van der Waals surface area contributed by atoms with Crippen LogP contribution >= 0.6 is 0 Å². The second-order valence-corrected chi connectivity index (χ2v) is 10.4. The Bertz CT molecular complexity index is 1460. The maximum atomic E-state index is 13.6. The van der Waals surface area contributed by atoms with Crippen molar-refractivity contribution >= 4 is 16.6 Å². The van der Waals surface area contributed by atoms with Crippen LogP contribution in [0.15, 0.2) is 47.3 Å². The van der Waals surface area contributed by atoms with E-state index in [1.807, 2.05) is 28.9 Å². The third kappa shape index (κ3) is 4.52. The smallest absolute Gasteiger partial charge is 0.253 e. The molecule has 1 aliphatic heterocycles. The lowest BCUT2D eigenvalue weighted by Gasteiger charge is -2.39. The molecule has 9 heteroatoms. The normalized spacial score (nSPS) is 18.1. The van der Waals surface area contributed by atoms with Crippen molar-refractivity contribution in [3.63, 3.8) is 0 Å². The van der Waals surface area contributed by atoms with Crippen molar-refractivity contribution in [3.8, 4) is 0 Å². The fourth-order valence-electron chi connectivity index (χ4n) is 5.88. The van der Waals surface area contributed by atoms with Crippen LogP contribution in [0.1, 0.15) is 60.3 Å². The molecule has 6 rings (SSSR count). The first-order chi connectivity index (χ1) is 18.0. The number of pyridine rings is 1. The van der Waals surface area contributed by atoms with Gasteiger partial charge in [-0.2, -0.15) is 0 Å². The monoisotopic (exact) mass is 501 g/mol. The molecule has 1 N–H and O–H groups in total. The van der Waals surface area contributed by atoms with E-state index in [9.17, 15) is 9.18 Å². The zero-order chi connectivity index (χ0) is 25.5. The highest BCUT2D eigenvalue weighted by Crippen LogP contribution is 2.34. The summed E-state index contributed by atoms with van der Waals surface area (Å²) in [6.07, 6.45) is 4.44. The second-order valence-electron chi connectivity index (χ2n) is 10.4. The Morgan fingerprint density at radius 3 is 2.41 bits per heavy atom. The zero-order valence-electron chi connectivity index (χ0n) is 21.3. The number of benzene rings is 2. The van der Waals surface area contributed by atoms with Crippen molar-refractivity contribution in [2.75, 3.05) is 31.1 Å². The molecule has 1 atom stereocenters. The summed E-state index contributed by atoms with van der Waals surface area (Å²) in [5.74, 6) is 0.498. The molecule has 2 fully saturated rings. The maximum absolute atomic E-state index is 13.6. The predicted molar refractivity (Wildman–Crippen MR) is 141 cm³/mol. The lowest BCUT2D eigenvalue weighted by atomic mass is 10.00. The number of hydrogen-bond donors (Lipinski definition) is 1. The third-order valence-electron chi connectivity index (χ3n) is 8.09. The van der Waals surface area contributed by atoms with Gasteiger partial charge in [-0.1, -0.05) is 12.8 Å². The topological polar surface area (TPSA) is 82.9 Å². The number of aryl methyl sites for hydroxylation is 2. The van der Waals surface area contributed by atoms with Gasteiger partial charge in [-0.3, -0.25) is 9.69 Å². The molecular weight excluding hydrogens is 469 g/mol. The lowest BCUT2D eigenvalue weighted by Crippen LogP contribution is -2.49. The second kappa shape index (κ2) is 9.70. The summed E-state index contributed by atoms with van der Waals surface area (Å²) >= 11 is 0. The number of H-pyrrole nitrogens is 1. The summed E-state index contributed by atoms with van der Waals surface area (Å²) in [6.45, 7) is 7.12. The summed E-state index contributed by atoms with van der Waals surface area (Å²) in [6, 6.07) is 12.7. The number of hydrogen-bond acceptors (Lipinski definition) is 6. The quantitative estimate of drug-likeness (QED) is 0.439. The zero-order valence-corrected chi connectivity index (χ0v) is 21.3. The van der Waals surface area contributed by atoms with Gasteiger partial charge in [-0.05, 0) is 96.1 Å². The van der Waals surface area contributed by atoms with E-state index < -0.39 is 0 Å². The Balaban J connectivity index is 1.39. The Kier molecular flexibility index (Phi) is 6.24. The number of piperazine rings is 1. The molecule has 3 heterocycles. The summed E-state index contributed by atoms with van der Waals surface area (Å²) in [7, 11) is 0. The first-order valence-electron chi connectivity index (χ1n) is 13.1. The van der Waals surface area contributed by atoms with Crippen LogP contribution < -0.4 is 10.5 Å². The largest absolute Gasteiger partial charge is 0.369 e. The molecule has 0 amide bonds. The summed E-state index contributed by atoms with van der Waals surface area (Å²) in [5, 5.41) is 14.0. The fraction of sp³-hybridized carbons (Fsp3) is 0.429. The molecule has 0 bridgehead atoms. The molecule has 0 unspecified atom stereocenters. The van der Waals surface area contributed by atoms with Crippen LogP contribution in [0.2, 0.25) is 0 Å². The van der Waals surface area contributed by atoms with Gasteiger partial charge in [0.1, 0.15) is 11.9 Å². The first-order valence-corrected chi connectivity index (χ1v) is 13.1. The summed E-state index contributed by atoms with van der Waals surface area (Å²) < 4.78 is 15.4. The number of aromatic nitrogens is 5. The number of nitrogens with zero attached hydrogens (tertiary/aromatic N) is 6. The van der Waals surface area contributed by atoms with Crippen molar-refractivity contribution in [1.82, 2.24) is 30.1 Å². The minimum absolute atomic E-state index is 0.109. The highest BCUT2D eigenvalue weighted by Gasteiger charge is 2.34. The van der Waals surface area contributed by atoms with Crippen molar-refractivity contribution in [1.29, 1.82) is 0 Å². The minimum Gasteiger partial charge on any atom is -0.369 e. The average molecular weight is 502 g/mol. The Morgan fingerprint density at radius 1 is 0.973 bits per heavy atom. The maximum Gasteiger partial charge on any atom is 0.253 e. The Hall–Kier alpha value is -3.59. The molecule has 1 saturated carbocycles. The molecule has 0 radical (unpaired) electrons. The Labute approximate surface area is 215 Å². The molecule has 37 heavy (non-hydrogen) atoms. The van der Waals surface area contributed by atoms with Gasteiger partial charge in [-0.25, -0.2) is 9.07 Å². The van der Waals surface area contributed by atoms with Gasteiger partial charge in [0.15, 0.2) is 5.82 Å². The number of fused-ring (bicyclic) bond motifs is 1. The fourth-order valence-corrected chi connectivity index (χ4v) is 5.88. The molecule has 8 nitrogen and oxygen atoms in total. The highest BCUT2D eigenvalue weighted by atomic mass is 19.1. The summed E-state index contributed by atoms with van der Waals surface area (Å²) in [5.41, 5.74) is 4.73. The van der Waals surface area contributed by atoms with Crippen LogP contribution in [0.5, 0.6) is 0 Å². The predicted octanol–water partition coefficient (Wildman–Crippen LogP) is 4.30. The minimum atomic E-state index is -0.360. The van der Waals surface area contributed by atoms with Gasteiger partial charge in [-0.15, -0.1) is 5.10 Å². The van der Waals surface area contributed by atoms with E-state index in [0.29, 0.717) is 5.56 Å². The van der Waals surface area contributed by atoms with Gasteiger partial charge >= 0.3 is 0 Å². The van der Waals surface area contributed by atoms with Gasteiger partial charge in [0.2, 0.25) is 0 Å². The van der Waals surface area contributed by atoms with E-state index in [-0.39, 0.29) is 23.5 Å². The van der Waals surface area contributed by atoms with E-state index in [0.717, 1.165) is 67.0 Å². The van der Waals surface area contributed by atoms with Crippen molar-refractivity contribution in [2.45, 2.75) is 51.6 Å². The van der Waals surface area contributed by atoms with Gasteiger partial charge in [0.25, 0.3) is 5.56 Å². The first kappa shape index (κ1) is 23.8. The van der Waals surface area contributed by atoms with Crippen LogP contribution in [0.3, 0.4) is 0 Å². The molecule has 1 aliphatic carbocycles. The van der Waals surface area contributed by atoms with Crippen LogP contribution in [0.25, 0.3) is 10.9 Å². The van der Waals surface area contributed by atoms with Gasteiger partial charge in [0.05, 0.1) is 6.04 Å². The standard InChI is InChI=1S/C28H32FN7O/c1-18-15-20-17-24(28(37)30-25(20)16-19(18)2)26(27-31-32-33-36(27)23-5-3-4-6-23)35-13-11-34(12-14-35)22-9-7-21(29)8-10-22/h7-10,15-17,23,26H,3-6,11-14H2,1-2H3,(H,30,37)/t26-/m0/s1. The van der Waals surface area contributed by atoms with E-state index in [1.165, 1.54) is 30.5 Å². The van der Waals surface area contributed by atoms with Crippen LogP contribution in [-0.4, -0.2) is 56.3 Å². The van der Waals surface area contributed by atoms with Crippen molar-refractivity contribution in [2.24, 2.45) is 0 Å². The molecule has 0 spiro atoms. The lowest BCUT2D eigenvalue weighted by molar-refractivity contribution is 0.197. The van der Waals surface area contributed by atoms with Crippen LogP contribution in [0.4, 0.5) is 10.1 Å². The van der Waals surface area contributed by atoms with E-state index in [4.69, 9.17) is 0 Å². The molecule has 192 valence electrons. The molecule has 2 aromatic heterocycles. The molecular formula is C28H32FN7O. The average Bonchev–Trinajstić information content (AvgIpc) is 3.59. The number of halogens is 1. The van der Waals surface area contributed by atoms with E-state index >= 15 is 0 Å². The van der Waals surface area contributed by atoms with E-state index in [2.05, 4.69) is 50.2 Å². The molecule has 2 aromatic carbocycles. The number of anilines is 1. The van der Waals surface area contributed by atoms with Crippen LogP contribution in [-0.2, 0) is 0 Å². The number of rotatable bonds is 5. The van der Waals surface area contributed by atoms with Crippen LogP contribution in [0, 0.1) is 19.7 Å². The highest BCUT2D eigenvalue weighted by molar-refractivity contribution is 5.81. The third-order valence-corrected chi connectivity index (χ3v) is 8.09. The molecule has 2 aliphatic rings. The number of tetrazole rings is 1. The number of nitrogens with one attached hydrogen (secondary N) is 1. The molecule has 1 saturated heterocycles. The van der Waals surface area contributed by atoms with Crippen molar-refractivity contribution in [3.05, 3.63) is 81.2 Å².